The van der Waals surface area contributed by atoms with Crippen molar-refractivity contribution in [3.8, 4) is 5.69 Å². The maximum atomic E-state index is 12.6. The van der Waals surface area contributed by atoms with Gasteiger partial charge in [-0.2, -0.15) is 10.2 Å². The molecule has 0 aliphatic rings. The summed E-state index contributed by atoms with van der Waals surface area (Å²) in [5.74, 6) is 0.408. The molecule has 6 nitrogen and oxygen atoms in total. The van der Waals surface area contributed by atoms with Crippen LogP contribution in [-0.4, -0.2) is 25.5 Å². The number of aromatic nitrogens is 4. The van der Waals surface area contributed by atoms with Gasteiger partial charge in [-0.25, -0.2) is 9.36 Å². The molecule has 1 amide bonds. The minimum atomic E-state index is -0.227. The van der Waals surface area contributed by atoms with Crippen LogP contribution in [0, 0.1) is 0 Å². The van der Waals surface area contributed by atoms with Crippen molar-refractivity contribution in [3.63, 3.8) is 0 Å². The fourth-order valence-corrected chi connectivity index (χ4v) is 2.94. The number of hydrogen-bond acceptors (Lipinski definition) is 3. The molecule has 4 aromatic rings. The molecular weight excluding hydrogens is 406 g/mol. The lowest BCUT2D eigenvalue weighted by molar-refractivity contribution is 0.102. The summed E-state index contributed by atoms with van der Waals surface area (Å²) in [7, 11) is 0. The van der Waals surface area contributed by atoms with E-state index in [0.29, 0.717) is 17.9 Å². The number of rotatable bonds is 5. The average molecular weight is 422 g/mol. The van der Waals surface area contributed by atoms with Crippen molar-refractivity contribution < 1.29 is 4.79 Å². The van der Waals surface area contributed by atoms with E-state index in [0.717, 1.165) is 15.7 Å². The zero-order valence-corrected chi connectivity index (χ0v) is 15.9. The van der Waals surface area contributed by atoms with Gasteiger partial charge in [-0.05, 0) is 29.8 Å². The average Bonchev–Trinajstić information content (AvgIpc) is 3.34. The second kappa shape index (κ2) is 7.59. The second-order valence-electron chi connectivity index (χ2n) is 5.96. The molecule has 134 valence electrons. The minimum Gasteiger partial charge on any atom is -0.307 e. The molecule has 0 radical (unpaired) electrons. The molecular formula is C20H16BrN5O. The summed E-state index contributed by atoms with van der Waals surface area (Å²) in [6.07, 6.45) is 4.93. The summed E-state index contributed by atoms with van der Waals surface area (Å²) in [5, 5.41) is 11.5. The second-order valence-corrected chi connectivity index (χ2v) is 6.88. The van der Waals surface area contributed by atoms with Crippen LogP contribution in [0.1, 0.15) is 15.9 Å². The molecule has 1 N–H and O–H groups in total. The van der Waals surface area contributed by atoms with Gasteiger partial charge in [0.1, 0.15) is 5.82 Å². The first kappa shape index (κ1) is 17.2. The number of hydrogen-bond donors (Lipinski definition) is 1. The van der Waals surface area contributed by atoms with Crippen molar-refractivity contribution in [1.29, 1.82) is 0 Å². The maximum absolute atomic E-state index is 12.6. The lowest BCUT2D eigenvalue weighted by atomic mass is 10.2. The predicted octanol–water partition coefficient (Wildman–Crippen LogP) is 4.13. The van der Waals surface area contributed by atoms with Crippen LogP contribution >= 0.6 is 15.9 Å². The van der Waals surface area contributed by atoms with Gasteiger partial charge < -0.3 is 5.32 Å². The van der Waals surface area contributed by atoms with Crippen LogP contribution in [0.25, 0.3) is 5.69 Å². The number of amides is 1. The smallest absolute Gasteiger partial charge is 0.260 e. The molecule has 7 heteroatoms. The number of para-hydroxylation sites is 1. The summed E-state index contributed by atoms with van der Waals surface area (Å²) in [6.45, 7) is 0.569. The van der Waals surface area contributed by atoms with Crippen LogP contribution in [0.4, 0.5) is 5.82 Å². The SMILES string of the molecule is O=C(Nc1ccnn1Cc1ccc(Br)cc1)c1cnn(-c2ccccc2)c1. The van der Waals surface area contributed by atoms with Gasteiger partial charge in [-0.1, -0.05) is 46.3 Å². The highest BCUT2D eigenvalue weighted by Crippen LogP contribution is 2.15. The Kier molecular flexibility index (Phi) is 4.84. The quantitative estimate of drug-likeness (QED) is 0.526. The van der Waals surface area contributed by atoms with Crippen molar-refractivity contribution in [3.05, 3.63) is 94.9 Å². The summed E-state index contributed by atoms with van der Waals surface area (Å²) in [6, 6.07) is 19.4. The van der Waals surface area contributed by atoms with Gasteiger partial charge in [0.05, 0.1) is 30.2 Å². The van der Waals surface area contributed by atoms with Crippen molar-refractivity contribution in [2.45, 2.75) is 6.54 Å². The first-order chi connectivity index (χ1) is 13.2. The highest BCUT2D eigenvalue weighted by molar-refractivity contribution is 9.10. The topological polar surface area (TPSA) is 64.7 Å². The Balaban J connectivity index is 1.48. The Morgan fingerprint density at radius 2 is 1.78 bits per heavy atom. The van der Waals surface area contributed by atoms with Crippen molar-refractivity contribution in [1.82, 2.24) is 19.6 Å². The van der Waals surface area contributed by atoms with Crippen LogP contribution < -0.4 is 5.32 Å². The number of benzene rings is 2. The summed E-state index contributed by atoms with van der Waals surface area (Å²) in [4.78, 5) is 12.6. The summed E-state index contributed by atoms with van der Waals surface area (Å²) < 4.78 is 4.45. The molecule has 0 saturated heterocycles. The lowest BCUT2D eigenvalue weighted by Crippen LogP contribution is -2.15. The van der Waals surface area contributed by atoms with E-state index in [1.165, 1.54) is 0 Å². The van der Waals surface area contributed by atoms with Gasteiger partial charge in [-0.15, -0.1) is 0 Å². The number of carbonyl (C=O) groups excluding carboxylic acids is 1. The molecule has 4 rings (SSSR count). The third kappa shape index (κ3) is 3.98. The molecule has 0 fully saturated rings. The Hall–Kier alpha value is -3.19. The Morgan fingerprint density at radius 3 is 2.56 bits per heavy atom. The summed E-state index contributed by atoms with van der Waals surface area (Å²) >= 11 is 3.43. The van der Waals surface area contributed by atoms with E-state index in [4.69, 9.17) is 0 Å². The number of anilines is 1. The molecule has 2 aromatic carbocycles. The van der Waals surface area contributed by atoms with E-state index in [-0.39, 0.29) is 5.91 Å². The number of halogens is 1. The first-order valence-electron chi connectivity index (χ1n) is 8.37. The van der Waals surface area contributed by atoms with Crippen LogP contribution in [0.5, 0.6) is 0 Å². The Labute approximate surface area is 164 Å². The molecule has 2 aromatic heterocycles. The van der Waals surface area contributed by atoms with E-state index in [2.05, 4.69) is 31.4 Å². The molecule has 0 bridgehead atoms. The highest BCUT2D eigenvalue weighted by atomic mass is 79.9. The number of carbonyl (C=O) groups is 1. The van der Waals surface area contributed by atoms with Crippen LogP contribution in [0.2, 0.25) is 0 Å². The van der Waals surface area contributed by atoms with E-state index in [1.54, 1.807) is 34.0 Å². The number of nitrogens with one attached hydrogen (secondary N) is 1. The molecule has 0 aliphatic heterocycles. The Bertz CT molecular complexity index is 1050. The molecule has 0 saturated carbocycles. The van der Waals surface area contributed by atoms with E-state index >= 15 is 0 Å². The van der Waals surface area contributed by atoms with E-state index in [9.17, 15) is 4.79 Å². The molecule has 27 heavy (non-hydrogen) atoms. The third-order valence-electron chi connectivity index (χ3n) is 4.07. The lowest BCUT2D eigenvalue weighted by Gasteiger charge is -2.08. The van der Waals surface area contributed by atoms with Gasteiger partial charge in [0.15, 0.2) is 0 Å². The molecule has 2 heterocycles. The fourth-order valence-electron chi connectivity index (χ4n) is 2.68. The predicted molar refractivity (Wildman–Crippen MR) is 107 cm³/mol. The minimum absolute atomic E-state index is 0.227. The highest BCUT2D eigenvalue weighted by Gasteiger charge is 2.12. The standard InChI is InChI=1S/C20H16BrN5O/c21-17-8-6-15(7-9-17)13-26-19(10-11-22-26)24-20(27)16-12-23-25(14-16)18-4-2-1-3-5-18/h1-12,14H,13H2,(H,24,27). The first-order valence-corrected chi connectivity index (χ1v) is 9.16. The van der Waals surface area contributed by atoms with Gasteiger partial charge in [0, 0.05) is 16.7 Å². The van der Waals surface area contributed by atoms with Crippen LogP contribution in [0.3, 0.4) is 0 Å². The molecule has 0 unspecified atom stereocenters. The van der Waals surface area contributed by atoms with Gasteiger partial charge in [0.2, 0.25) is 0 Å². The van der Waals surface area contributed by atoms with Gasteiger partial charge in [0.25, 0.3) is 5.91 Å². The zero-order valence-electron chi connectivity index (χ0n) is 14.3. The van der Waals surface area contributed by atoms with Crippen LogP contribution in [-0.2, 0) is 6.54 Å². The third-order valence-corrected chi connectivity index (χ3v) is 4.60. The molecule has 0 aliphatic carbocycles. The maximum Gasteiger partial charge on any atom is 0.260 e. The normalized spacial score (nSPS) is 10.7. The largest absolute Gasteiger partial charge is 0.307 e. The van der Waals surface area contributed by atoms with Crippen molar-refractivity contribution in [2.24, 2.45) is 0 Å². The van der Waals surface area contributed by atoms with Crippen molar-refractivity contribution in [2.75, 3.05) is 5.32 Å². The monoisotopic (exact) mass is 421 g/mol. The number of nitrogens with zero attached hydrogens (tertiary/aromatic N) is 4. The van der Waals surface area contributed by atoms with Gasteiger partial charge >= 0.3 is 0 Å². The zero-order chi connectivity index (χ0) is 18.6. The van der Waals surface area contributed by atoms with E-state index in [1.807, 2.05) is 54.6 Å². The molecule has 0 atom stereocenters. The van der Waals surface area contributed by atoms with Gasteiger partial charge in [-0.3, -0.25) is 4.79 Å². The van der Waals surface area contributed by atoms with E-state index < -0.39 is 0 Å². The summed E-state index contributed by atoms with van der Waals surface area (Å²) in [5.41, 5.74) is 2.47. The fraction of sp³-hybridized carbons (Fsp3) is 0.0500. The molecule has 0 spiro atoms. The van der Waals surface area contributed by atoms with Crippen LogP contribution in [0.15, 0.2) is 83.7 Å². The Morgan fingerprint density at radius 1 is 1.00 bits per heavy atom. The van der Waals surface area contributed by atoms with Crippen molar-refractivity contribution >= 4 is 27.7 Å².